The van der Waals surface area contributed by atoms with E-state index in [4.69, 9.17) is 9.47 Å². The molecule has 98 valence electrons. The van der Waals surface area contributed by atoms with Crippen LogP contribution in [0.4, 0.5) is 4.79 Å². The van der Waals surface area contributed by atoms with E-state index in [0.29, 0.717) is 6.04 Å². The number of carbonyl (C=O) groups excluding carboxylic acids is 1. The van der Waals surface area contributed by atoms with Gasteiger partial charge in [0.15, 0.2) is 0 Å². The highest BCUT2D eigenvalue weighted by molar-refractivity contribution is 5.68. The Balaban J connectivity index is 1.85. The maximum Gasteiger partial charge on any atom is 0.408 e. The zero-order chi connectivity index (χ0) is 12.5. The van der Waals surface area contributed by atoms with Crippen molar-refractivity contribution in [2.75, 3.05) is 13.2 Å². The van der Waals surface area contributed by atoms with E-state index in [0.717, 1.165) is 26.0 Å². The Morgan fingerprint density at radius 3 is 2.94 bits per heavy atom. The Morgan fingerprint density at radius 1 is 1.47 bits per heavy atom. The number of hydrogen-bond donors (Lipinski definition) is 2. The number of carbonyl (C=O) groups is 1. The van der Waals surface area contributed by atoms with Gasteiger partial charge in [-0.25, -0.2) is 4.79 Å². The molecular formula is C12H22N2O3. The van der Waals surface area contributed by atoms with Gasteiger partial charge in [-0.05, 0) is 33.6 Å². The molecule has 17 heavy (non-hydrogen) atoms. The van der Waals surface area contributed by atoms with Gasteiger partial charge in [-0.2, -0.15) is 0 Å². The number of hydrogen-bond acceptors (Lipinski definition) is 4. The van der Waals surface area contributed by atoms with Crippen molar-refractivity contribution in [1.82, 2.24) is 10.6 Å². The Labute approximate surface area is 102 Å². The minimum absolute atomic E-state index is 0.0233. The molecule has 0 aromatic rings. The minimum atomic E-state index is -0.455. The van der Waals surface area contributed by atoms with Gasteiger partial charge in [-0.1, -0.05) is 0 Å². The molecule has 0 aromatic heterocycles. The summed E-state index contributed by atoms with van der Waals surface area (Å²) in [5.74, 6) is 0. The normalized spacial score (nSPS) is 33.0. The van der Waals surface area contributed by atoms with Gasteiger partial charge in [-0.15, -0.1) is 0 Å². The Morgan fingerprint density at radius 2 is 2.24 bits per heavy atom. The van der Waals surface area contributed by atoms with Crippen LogP contribution in [0.5, 0.6) is 0 Å². The van der Waals surface area contributed by atoms with E-state index < -0.39 is 5.60 Å². The van der Waals surface area contributed by atoms with Gasteiger partial charge in [0.25, 0.3) is 0 Å². The molecular weight excluding hydrogens is 220 g/mol. The number of amides is 1. The summed E-state index contributed by atoms with van der Waals surface area (Å²) in [5.41, 5.74) is -0.455. The largest absolute Gasteiger partial charge is 0.444 e. The van der Waals surface area contributed by atoms with Crippen molar-refractivity contribution < 1.29 is 14.3 Å². The zero-order valence-electron chi connectivity index (χ0n) is 10.8. The van der Waals surface area contributed by atoms with Crippen LogP contribution in [0.3, 0.4) is 0 Å². The molecule has 0 aliphatic carbocycles. The molecule has 5 heteroatoms. The lowest BCUT2D eigenvalue weighted by Gasteiger charge is -2.29. The molecule has 0 aromatic carbocycles. The van der Waals surface area contributed by atoms with E-state index >= 15 is 0 Å². The van der Waals surface area contributed by atoms with Gasteiger partial charge in [0, 0.05) is 19.2 Å². The Kier molecular flexibility index (Phi) is 3.58. The molecule has 2 aliphatic heterocycles. The van der Waals surface area contributed by atoms with Crippen molar-refractivity contribution in [3.05, 3.63) is 0 Å². The van der Waals surface area contributed by atoms with Crippen molar-refractivity contribution in [3.63, 3.8) is 0 Å². The maximum atomic E-state index is 11.7. The average Bonchev–Trinajstić information content (AvgIpc) is 2.59. The highest BCUT2D eigenvalue weighted by atomic mass is 16.6. The molecule has 0 bridgehead atoms. The van der Waals surface area contributed by atoms with Crippen LogP contribution in [0.15, 0.2) is 0 Å². The molecule has 3 atom stereocenters. The smallest absolute Gasteiger partial charge is 0.408 e. The van der Waals surface area contributed by atoms with E-state index in [2.05, 4.69) is 10.6 Å². The monoisotopic (exact) mass is 242 g/mol. The molecule has 1 amide bonds. The van der Waals surface area contributed by atoms with Crippen LogP contribution in [0.25, 0.3) is 0 Å². The molecule has 0 unspecified atom stereocenters. The first kappa shape index (κ1) is 12.6. The lowest BCUT2D eigenvalue weighted by molar-refractivity contribution is -0.00690. The number of nitrogens with one attached hydrogen (secondary N) is 2. The summed E-state index contributed by atoms with van der Waals surface area (Å²) >= 11 is 0. The van der Waals surface area contributed by atoms with E-state index in [1.165, 1.54) is 0 Å². The highest BCUT2D eigenvalue weighted by Crippen LogP contribution is 2.21. The minimum Gasteiger partial charge on any atom is -0.444 e. The van der Waals surface area contributed by atoms with Crippen molar-refractivity contribution in [2.45, 2.75) is 57.4 Å². The average molecular weight is 242 g/mol. The van der Waals surface area contributed by atoms with E-state index in [1.54, 1.807) is 0 Å². The lowest BCUT2D eigenvalue weighted by atomic mass is 10.0. The predicted octanol–water partition coefficient (Wildman–Crippen LogP) is 1.03. The fourth-order valence-corrected chi connectivity index (χ4v) is 2.40. The summed E-state index contributed by atoms with van der Waals surface area (Å²) in [4.78, 5) is 11.7. The van der Waals surface area contributed by atoms with Crippen molar-refractivity contribution in [3.8, 4) is 0 Å². The van der Waals surface area contributed by atoms with E-state index in [9.17, 15) is 4.79 Å². The first-order valence-corrected chi connectivity index (χ1v) is 6.30. The van der Waals surface area contributed by atoms with Crippen molar-refractivity contribution in [1.29, 1.82) is 0 Å². The summed E-state index contributed by atoms with van der Waals surface area (Å²) in [6.45, 7) is 7.13. The van der Waals surface area contributed by atoms with Crippen LogP contribution < -0.4 is 10.6 Å². The topological polar surface area (TPSA) is 59.6 Å². The summed E-state index contributed by atoms with van der Waals surface area (Å²) < 4.78 is 11.0. The van der Waals surface area contributed by atoms with Gasteiger partial charge < -0.3 is 20.1 Å². The molecule has 0 spiro atoms. The zero-order valence-corrected chi connectivity index (χ0v) is 10.8. The standard InChI is InChI=1S/C12H22N2O3/c1-12(2,3)17-11(15)14-9-7-13-8-5-4-6-16-10(8)9/h8-10,13H,4-7H2,1-3H3,(H,14,15)/t8-,9+,10+/m0/s1. The summed E-state index contributed by atoms with van der Waals surface area (Å²) in [7, 11) is 0. The van der Waals surface area contributed by atoms with E-state index in [1.807, 2.05) is 20.8 Å². The van der Waals surface area contributed by atoms with Crippen molar-refractivity contribution in [2.24, 2.45) is 0 Å². The van der Waals surface area contributed by atoms with Gasteiger partial charge in [0.1, 0.15) is 5.60 Å². The third kappa shape index (κ3) is 3.33. The molecule has 5 nitrogen and oxygen atoms in total. The van der Waals surface area contributed by atoms with Crippen LogP contribution in [-0.4, -0.2) is 43.0 Å². The molecule has 0 radical (unpaired) electrons. The van der Waals surface area contributed by atoms with Gasteiger partial charge in [0.05, 0.1) is 12.1 Å². The van der Waals surface area contributed by atoms with Crippen molar-refractivity contribution >= 4 is 6.09 Å². The van der Waals surface area contributed by atoms with Gasteiger partial charge >= 0.3 is 6.09 Å². The number of fused-ring (bicyclic) bond motifs is 1. The van der Waals surface area contributed by atoms with Crippen LogP contribution in [0, 0.1) is 0 Å². The first-order chi connectivity index (χ1) is 7.96. The molecule has 2 heterocycles. The third-order valence-electron chi connectivity index (χ3n) is 3.06. The Hall–Kier alpha value is -0.810. The van der Waals surface area contributed by atoms with Crippen LogP contribution in [0.1, 0.15) is 33.6 Å². The van der Waals surface area contributed by atoms with Crippen LogP contribution in [-0.2, 0) is 9.47 Å². The number of ether oxygens (including phenoxy) is 2. The molecule has 0 saturated carbocycles. The summed E-state index contributed by atoms with van der Waals surface area (Å²) in [6, 6.07) is 0.402. The van der Waals surface area contributed by atoms with Gasteiger partial charge in [0.2, 0.25) is 0 Å². The fraction of sp³-hybridized carbons (Fsp3) is 0.917. The predicted molar refractivity (Wildman–Crippen MR) is 63.9 cm³/mol. The molecule has 2 aliphatic rings. The van der Waals surface area contributed by atoms with E-state index in [-0.39, 0.29) is 18.2 Å². The molecule has 2 saturated heterocycles. The quantitative estimate of drug-likeness (QED) is 0.721. The summed E-state index contributed by atoms with van der Waals surface area (Å²) in [6.07, 6.45) is 1.94. The summed E-state index contributed by atoms with van der Waals surface area (Å²) in [5, 5.41) is 6.27. The first-order valence-electron chi connectivity index (χ1n) is 6.30. The maximum absolute atomic E-state index is 11.7. The highest BCUT2D eigenvalue weighted by Gasteiger charge is 2.39. The molecule has 2 rings (SSSR count). The second kappa shape index (κ2) is 4.82. The van der Waals surface area contributed by atoms with Crippen LogP contribution in [0.2, 0.25) is 0 Å². The molecule has 2 fully saturated rings. The number of alkyl carbamates (subject to hydrolysis) is 1. The fourth-order valence-electron chi connectivity index (χ4n) is 2.40. The Bertz CT molecular complexity index is 288. The second-order valence-electron chi connectivity index (χ2n) is 5.75. The third-order valence-corrected chi connectivity index (χ3v) is 3.06. The lowest BCUT2D eigenvalue weighted by Crippen LogP contribution is -2.48. The van der Waals surface area contributed by atoms with Gasteiger partial charge in [-0.3, -0.25) is 0 Å². The second-order valence-corrected chi connectivity index (χ2v) is 5.75. The number of rotatable bonds is 1. The SMILES string of the molecule is CC(C)(C)OC(=O)N[C@@H]1CN[C@H]2CCCO[C@H]21. The van der Waals surface area contributed by atoms with Crippen LogP contribution >= 0.6 is 0 Å². The molecule has 2 N–H and O–H groups in total.